The number of terminal acetylenes is 1. The van der Waals surface area contributed by atoms with Crippen molar-refractivity contribution in [3.63, 3.8) is 0 Å². The molecular weight excluding hydrogens is 148 g/mol. The molecular formula is C11H14O. The summed E-state index contributed by atoms with van der Waals surface area (Å²) in [5.74, 6) is 3.49. The summed E-state index contributed by atoms with van der Waals surface area (Å²) in [6.07, 6.45) is 13.7. The number of unbranched alkanes of at least 4 members (excludes halogenated alkanes) is 1. The zero-order chi connectivity index (χ0) is 8.81. The Labute approximate surface area is 73.9 Å². The van der Waals surface area contributed by atoms with Crippen molar-refractivity contribution in [1.29, 1.82) is 0 Å². The van der Waals surface area contributed by atoms with E-state index in [9.17, 15) is 4.79 Å². The molecule has 0 aromatic carbocycles. The molecule has 0 heterocycles. The first kappa shape index (κ1) is 9.06. The van der Waals surface area contributed by atoms with Crippen LogP contribution in [0.5, 0.6) is 0 Å². The van der Waals surface area contributed by atoms with Crippen LogP contribution in [0, 0.1) is 18.3 Å². The van der Waals surface area contributed by atoms with Crippen LogP contribution in [-0.2, 0) is 4.79 Å². The van der Waals surface area contributed by atoms with E-state index in [1.165, 1.54) is 0 Å². The SMILES string of the molecule is C#CCCCC1C=CC(=O)CC1. The number of rotatable bonds is 3. The summed E-state index contributed by atoms with van der Waals surface area (Å²) in [7, 11) is 0. The van der Waals surface area contributed by atoms with Crippen LogP contribution in [0.1, 0.15) is 32.1 Å². The van der Waals surface area contributed by atoms with Crippen molar-refractivity contribution in [3.05, 3.63) is 12.2 Å². The average Bonchev–Trinajstić information content (AvgIpc) is 2.09. The molecule has 64 valence electrons. The molecule has 1 nitrogen and oxygen atoms in total. The average molecular weight is 162 g/mol. The van der Waals surface area contributed by atoms with Gasteiger partial charge in [-0.3, -0.25) is 4.79 Å². The van der Waals surface area contributed by atoms with Crippen molar-refractivity contribution in [2.75, 3.05) is 0 Å². The van der Waals surface area contributed by atoms with Crippen molar-refractivity contribution >= 4 is 5.78 Å². The third-order valence-electron chi connectivity index (χ3n) is 2.21. The minimum absolute atomic E-state index is 0.267. The molecule has 0 fully saturated rings. The van der Waals surface area contributed by atoms with Crippen LogP contribution in [0.25, 0.3) is 0 Å². The lowest BCUT2D eigenvalue weighted by molar-refractivity contribution is -0.115. The molecule has 1 aliphatic rings. The molecule has 0 N–H and O–H groups in total. The van der Waals surface area contributed by atoms with Gasteiger partial charge in [-0.2, -0.15) is 0 Å². The monoisotopic (exact) mass is 162 g/mol. The van der Waals surface area contributed by atoms with Gasteiger partial charge in [0.15, 0.2) is 5.78 Å². The predicted octanol–water partition coefficient (Wildman–Crippen LogP) is 2.33. The van der Waals surface area contributed by atoms with E-state index in [4.69, 9.17) is 6.42 Å². The minimum atomic E-state index is 0.267. The quantitative estimate of drug-likeness (QED) is 0.460. The Morgan fingerprint density at radius 1 is 1.67 bits per heavy atom. The van der Waals surface area contributed by atoms with E-state index in [0.717, 1.165) is 32.1 Å². The van der Waals surface area contributed by atoms with E-state index in [2.05, 4.69) is 5.92 Å². The Morgan fingerprint density at radius 3 is 3.08 bits per heavy atom. The van der Waals surface area contributed by atoms with Gasteiger partial charge in [0.25, 0.3) is 0 Å². The Morgan fingerprint density at radius 2 is 2.50 bits per heavy atom. The summed E-state index contributed by atoms with van der Waals surface area (Å²) < 4.78 is 0. The van der Waals surface area contributed by atoms with Gasteiger partial charge >= 0.3 is 0 Å². The molecule has 0 saturated heterocycles. The fourth-order valence-corrected chi connectivity index (χ4v) is 1.46. The molecule has 1 aliphatic carbocycles. The maximum Gasteiger partial charge on any atom is 0.155 e. The van der Waals surface area contributed by atoms with Crippen LogP contribution in [0.4, 0.5) is 0 Å². The highest BCUT2D eigenvalue weighted by molar-refractivity contribution is 5.90. The summed E-state index contributed by atoms with van der Waals surface area (Å²) in [5.41, 5.74) is 0. The lowest BCUT2D eigenvalue weighted by Gasteiger charge is -2.14. The Hall–Kier alpha value is -1.03. The second-order valence-electron chi connectivity index (χ2n) is 3.22. The lowest BCUT2D eigenvalue weighted by atomic mass is 9.91. The maximum atomic E-state index is 10.8. The van der Waals surface area contributed by atoms with E-state index in [0.29, 0.717) is 5.92 Å². The molecule has 0 bridgehead atoms. The van der Waals surface area contributed by atoms with Crippen LogP contribution in [-0.4, -0.2) is 5.78 Å². The third kappa shape index (κ3) is 2.92. The Balaban J connectivity index is 2.22. The largest absolute Gasteiger partial charge is 0.295 e. The number of carbonyl (C=O) groups is 1. The van der Waals surface area contributed by atoms with Crippen LogP contribution >= 0.6 is 0 Å². The third-order valence-corrected chi connectivity index (χ3v) is 2.21. The Bertz CT molecular complexity index is 220. The summed E-state index contributed by atoms with van der Waals surface area (Å²) >= 11 is 0. The molecule has 12 heavy (non-hydrogen) atoms. The molecule has 1 rings (SSSR count). The first-order chi connectivity index (χ1) is 5.83. The molecule has 0 aliphatic heterocycles. The van der Waals surface area contributed by atoms with Gasteiger partial charge in [-0.1, -0.05) is 6.08 Å². The second kappa shape index (κ2) is 4.77. The van der Waals surface area contributed by atoms with Crippen LogP contribution in [0.2, 0.25) is 0 Å². The number of carbonyl (C=O) groups excluding carboxylic acids is 1. The standard InChI is InChI=1S/C11H14O/c1-2-3-4-5-10-6-8-11(12)9-7-10/h1,6,8,10H,3-5,7,9H2. The fourth-order valence-electron chi connectivity index (χ4n) is 1.46. The van der Waals surface area contributed by atoms with Crippen molar-refractivity contribution in [1.82, 2.24) is 0 Å². The summed E-state index contributed by atoms with van der Waals surface area (Å²) in [5, 5.41) is 0. The smallest absolute Gasteiger partial charge is 0.155 e. The molecule has 0 radical (unpaired) electrons. The van der Waals surface area contributed by atoms with E-state index in [-0.39, 0.29) is 5.78 Å². The van der Waals surface area contributed by atoms with Crippen LogP contribution in [0.15, 0.2) is 12.2 Å². The van der Waals surface area contributed by atoms with E-state index < -0.39 is 0 Å². The van der Waals surface area contributed by atoms with Crippen molar-refractivity contribution in [3.8, 4) is 12.3 Å². The van der Waals surface area contributed by atoms with Crippen LogP contribution in [0.3, 0.4) is 0 Å². The normalized spacial score (nSPS) is 22.2. The number of ketones is 1. The number of hydrogen-bond donors (Lipinski definition) is 0. The molecule has 0 aromatic heterocycles. The van der Waals surface area contributed by atoms with Gasteiger partial charge in [0.05, 0.1) is 0 Å². The second-order valence-corrected chi connectivity index (χ2v) is 3.22. The highest BCUT2D eigenvalue weighted by Gasteiger charge is 2.11. The first-order valence-corrected chi connectivity index (χ1v) is 4.47. The lowest BCUT2D eigenvalue weighted by Crippen LogP contribution is -2.07. The molecule has 0 aromatic rings. The fraction of sp³-hybridized carbons (Fsp3) is 0.545. The Kier molecular flexibility index (Phi) is 3.60. The molecule has 0 saturated carbocycles. The van der Waals surface area contributed by atoms with Crippen LogP contribution < -0.4 is 0 Å². The summed E-state index contributed by atoms with van der Waals surface area (Å²) in [6, 6.07) is 0. The maximum absolute atomic E-state index is 10.8. The van der Waals surface area contributed by atoms with Gasteiger partial charge in [-0.15, -0.1) is 12.3 Å². The van der Waals surface area contributed by atoms with Gasteiger partial charge in [-0.25, -0.2) is 0 Å². The number of hydrogen-bond acceptors (Lipinski definition) is 1. The zero-order valence-electron chi connectivity index (χ0n) is 7.25. The minimum Gasteiger partial charge on any atom is -0.295 e. The molecule has 1 unspecified atom stereocenters. The predicted molar refractivity (Wildman–Crippen MR) is 49.6 cm³/mol. The highest BCUT2D eigenvalue weighted by Crippen LogP contribution is 2.20. The van der Waals surface area contributed by atoms with E-state index >= 15 is 0 Å². The van der Waals surface area contributed by atoms with Gasteiger partial charge in [0.1, 0.15) is 0 Å². The number of allylic oxidation sites excluding steroid dienone is 2. The highest BCUT2D eigenvalue weighted by atomic mass is 16.1. The zero-order valence-corrected chi connectivity index (χ0v) is 7.25. The summed E-state index contributed by atoms with van der Waals surface area (Å²) in [6.45, 7) is 0. The van der Waals surface area contributed by atoms with Crippen molar-refractivity contribution in [2.45, 2.75) is 32.1 Å². The molecule has 0 amide bonds. The van der Waals surface area contributed by atoms with Gasteiger partial charge in [-0.05, 0) is 31.3 Å². The molecule has 1 atom stereocenters. The topological polar surface area (TPSA) is 17.1 Å². The first-order valence-electron chi connectivity index (χ1n) is 4.47. The van der Waals surface area contributed by atoms with Gasteiger partial charge in [0, 0.05) is 12.8 Å². The van der Waals surface area contributed by atoms with Gasteiger partial charge < -0.3 is 0 Å². The van der Waals surface area contributed by atoms with E-state index in [1.807, 2.05) is 6.08 Å². The van der Waals surface area contributed by atoms with Gasteiger partial charge in [0.2, 0.25) is 0 Å². The molecule has 0 spiro atoms. The van der Waals surface area contributed by atoms with Crippen molar-refractivity contribution < 1.29 is 4.79 Å². The molecule has 1 heteroatoms. The van der Waals surface area contributed by atoms with E-state index in [1.54, 1.807) is 6.08 Å². The summed E-state index contributed by atoms with van der Waals surface area (Å²) in [4.78, 5) is 10.8. The van der Waals surface area contributed by atoms with Crippen molar-refractivity contribution in [2.24, 2.45) is 5.92 Å².